The van der Waals surface area contributed by atoms with E-state index in [4.69, 9.17) is 4.74 Å². The smallest absolute Gasteiger partial charge is 0.248 e. The van der Waals surface area contributed by atoms with E-state index in [1.807, 2.05) is 49.8 Å². The van der Waals surface area contributed by atoms with Gasteiger partial charge in [0.2, 0.25) is 11.9 Å². The first-order chi connectivity index (χ1) is 10.4. The molecule has 0 aliphatic carbocycles. The van der Waals surface area contributed by atoms with Crippen LogP contribution in [-0.2, 0) is 22.5 Å². The Balaban J connectivity index is 2.28. The van der Waals surface area contributed by atoms with Crippen molar-refractivity contribution in [3.8, 4) is 0 Å². The molecule has 1 aromatic rings. The lowest BCUT2D eigenvalue weighted by Crippen LogP contribution is -2.39. The highest BCUT2D eigenvalue weighted by atomic mass is 16.5. The minimum Gasteiger partial charge on any atom is -0.372 e. The van der Waals surface area contributed by atoms with Crippen molar-refractivity contribution in [1.29, 1.82) is 0 Å². The number of hydrogen-bond donors (Lipinski definition) is 0. The van der Waals surface area contributed by atoms with E-state index in [0.717, 1.165) is 23.5 Å². The molecule has 0 bridgehead atoms. The van der Waals surface area contributed by atoms with Gasteiger partial charge >= 0.3 is 0 Å². The van der Waals surface area contributed by atoms with Crippen LogP contribution < -0.4 is 9.80 Å². The third-order valence-corrected chi connectivity index (χ3v) is 3.64. The molecule has 1 aliphatic rings. The highest BCUT2D eigenvalue weighted by Crippen LogP contribution is 2.27. The van der Waals surface area contributed by atoms with Crippen LogP contribution in [0, 0.1) is 0 Å². The Bertz CT molecular complexity index is 545. The molecule has 0 aromatic carbocycles. The number of aromatic nitrogens is 2. The quantitative estimate of drug-likeness (QED) is 0.791. The van der Waals surface area contributed by atoms with E-state index < -0.39 is 0 Å². The van der Waals surface area contributed by atoms with Gasteiger partial charge in [-0.2, -0.15) is 4.98 Å². The Morgan fingerprint density at radius 2 is 1.95 bits per heavy atom. The van der Waals surface area contributed by atoms with Gasteiger partial charge in [-0.25, -0.2) is 4.98 Å². The number of nitrogens with zero attached hydrogens (tertiary/aromatic N) is 5. The third kappa shape index (κ3) is 3.47. The van der Waals surface area contributed by atoms with Crippen molar-refractivity contribution in [3.63, 3.8) is 0 Å². The van der Waals surface area contributed by atoms with Gasteiger partial charge in [0, 0.05) is 46.9 Å². The van der Waals surface area contributed by atoms with Gasteiger partial charge < -0.3 is 19.4 Å². The summed E-state index contributed by atoms with van der Waals surface area (Å²) in [4.78, 5) is 27.1. The third-order valence-electron chi connectivity index (χ3n) is 3.64. The minimum atomic E-state index is 0.0175. The molecule has 1 aliphatic heterocycles. The van der Waals surface area contributed by atoms with Gasteiger partial charge in [0.15, 0.2) is 0 Å². The van der Waals surface area contributed by atoms with E-state index in [0.29, 0.717) is 25.6 Å². The Morgan fingerprint density at radius 1 is 1.23 bits per heavy atom. The summed E-state index contributed by atoms with van der Waals surface area (Å²) >= 11 is 0. The molecule has 0 saturated carbocycles. The molecule has 1 amide bonds. The average Bonchev–Trinajstić information content (AvgIpc) is 2.50. The molecule has 1 aromatic heterocycles. The largest absolute Gasteiger partial charge is 0.372 e. The molecule has 7 nitrogen and oxygen atoms in total. The summed E-state index contributed by atoms with van der Waals surface area (Å²) in [6.07, 6.45) is 0.772. The maximum absolute atomic E-state index is 12.1. The fourth-order valence-electron chi connectivity index (χ4n) is 2.46. The van der Waals surface area contributed by atoms with Crippen LogP contribution in [0.5, 0.6) is 0 Å². The lowest BCUT2D eigenvalue weighted by molar-refractivity contribution is -0.137. The SMILES string of the molecule is CCOCC(=O)N1CCc2c(nc(N(C)C)nc2N(C)C)C1. The number of fused-ring (bicyclic) bond motifs is 1. The zero-order chi connectivity index (χ0) is 16.3. The average molecular weight is 307 g/mol. The minimum absolute atomic E-state index is 0.0175. The predicted molar refractivity (Wildman–Crippen MR) is 86.3 cm³/mol. The highest BCUT2D eigenvalue weighted by Gasteiger charge is 2.26. The Kier molecular flexibility index (Phi) is 5.18. The van der Waals surface area contributed by atoms with Crippen LogP contribution in [0.4, 0.5) is 11.8 Å². The molecule has 0 unspecified atom stereocenters. The van der Waals surface area contributed by atoms with Gasteiger partial charge in [-0.3, -0.25) is 4.79 Å². The summed E-state index contributed by atoms with van der Waals surface area (Å²) in [5.74, 6) is 1.62. The fraction of sp³-hybridized carbons (Fsp3) is 0.667. The van der Waals surface area contributed by atoms with Crippen LogP contribution in [0.3, 0.4) is 0 Å². The van der Waals surface area contributed by atoms with Crippen LogP contribution in [-0.4, -0.2) is 68.7 Å². The Labute approximate surface area is 131 Å². The van der Waals surface area contributed by atoms with Gasteiger partial charge in [0.25, 0.3) is 0 Å². The first kappa shape index (κ1) is 16.5. The molecule has 2 rings (SSSR count). The summed E-state index contributed by atoms with van der Waals surface area (Å²) in [5, 5.41) is 0. The van der Waals surface area contributed by atoms with Gasteiger partial charge in [-0.05, 0) is 13.3 Å². The van der Waals surface area contributed by atoms with Gasteiger partial charge in [-0.1, -0.05) is 0 Å². The molecule has 7 heteroatoms. The van der Waals surface area contributed by atoms with Crippen molar-refractivity contribution in [2.45, 2.75) is 19.9 Å². The molecule has 0 saturated heterocycles. The molecule has 0 N–H and O–H groups in total. The predicted octanol–water partition coefficient (Wildman–Crippen LogP) is 0.530. The molecular formula is C15H25N5O2. The van der Waals surface area contributed by atoms with Crippen LogP contribution in [0.15, 0.2) is 0 Å². The number of ether oxygens (including phenoxy) is 1. The van der Waals surface area contributed by atoms with E-state index in [-0.39, 0.29) is 12.5 Å². The number of carbonyl (C=O) groups excluding carboxylic acids is 1. The number of rotatable bonds is 5. The van der Waals surface area contributed by atoms with Gasteiger partial charge in [0.1, 0.15) is 12.4 Å². The van der Waals surface area contributed by atoms with E-state index in [9.17, 15) is 4.79 Å². The first-order valence-electron chi connectivity index (χ1n) is 7.54. The molecule has 0 spiro atoms. The first-order valence-corrected chi connectivity index (χ1v) is 7.54. The fourth-order valence-corrected chi connectivity index (χ4v) is 2.46. The van der Waals surface area contributed by atoms with E-state index in [2.05, 4.69) is 9.97 Å². The number of anilines is 2. The summed E-state index contributed by atoms with van der Waals surface area (Å²) in [6.45, 7) is 3.78. The lowest BCUT2D eigenvalue weighted by atomic mass is 10.1. The van der Waals surface area contributed by atoms with Crippen molar-refractivity contribution < 1.29 is 9.53 Å². The van der Waals surface area contributed by atoms with Crippen LogP contribution in [0.1, 0.15) is 18.2 Å². The monoisotopic (exact) mass is 307 g/mol. The number of carbonyl (C=O) groups is 1. The molecule has 0 radical (unpaired) electrons. The standard InChI is InChI=1S/C15H25N5O2/c1-6-22-10-13(21)20-8-7-11-12(9-20)16-15(19(4)5)17-14(11)18(2)3/h6-10H2,1-5H3. The second-order valence-corrected chi connectivity index (χ2v) is 5.76. The number of hydrogen-bond acceptors (Lipinski definition) is 6. The summed E-state index contributed by atoms with van der Waals surface area (Å²) in [6, 6.07) is 0. The Hall–Kier alpha value is -1.89. The topological polar surface area (TPSA) is 61.8 Å². The van der Waals surface area contributed by atoms with Gasteiger partial charge in [0.05, 0.1) is 12.2 Å². The maximum Gasteiger partial charge on any atom is 0.248 e. The van der Waals surface area contributed by atoms with Crippen molar-refractivity contribution >= 4 is 17.7 Å². The van der Waals surface area contributed by atoms with Crippen LogP contribution in [0.2, 0.25) is 0 Å². The second kappa shape index (κ2) is 6.91. The Morgan fingerprint density at radius 3 is 2.55 bits per heavy atom. The van der Waals surface area contributed by atoms with Crippen LogP contribution in [0.25, 0.3) is 0 Å². The van der Waals surface area contributed by atoms with E-state index in [1.165, 1.54) is 0 Å². The maximum atomic E-state index is 12.1. The van der Waals surface area contributed by atoms with Crippen molar-refractivity contribution in [2.75, 3.05) is 57.7 Å². The zero-order valence-electron chi connectivity index (χ0n) is 14.1. The summed E-state index contributed by atoms with van der Waals surface area (Å²) < 4.78 is 5.22. The van der Waals surface area contributed by atoms with Crippen molar-refractivity contribution in [2.24, 2.45) is 0 Å². The second-order valence-electron chi connectivity index (χ2n) is 5.76. The zero-order valence-corrected chi connectivity index (χ0v) is 14.1. The summed E-state index contributed by atoms with van der Waals surface area (Å²) in [5.41, 5.74) is 2.06. The van der Waals surface area contributed by atoms with Crippen LogP contribution >= 0.6 is 0 Å². The molecule has 22 heavy (non-hydrogen) atoms. The van der Waals surface area contributed by atoms with Gasteiger partial charge in [-0.15, -0.1) is 0 Å². The van der Waals surface area contributed by atoms with E-state index in [1.54, 1.807) is 0 Å². The normalized spacial score (nSPS) is 13.8. The molecule has 0 fully saturated rings. The van der Waals surface area contributed by atoms with E-state index >= 15 is 0 Å². The van der Waals surface area contributed by atoms with Crippen molar-refractivity contribution in [3.05, 3.63) is 11.3 Å². The summed E-state index contributed by atoms with van der Waals surface area (Å²) in [7, 11) is 7.80. The molecular weight excluding hydrogens is 282 g/mol. The van der Waals surface area contributed by atoms with Crippen molar-refractivity contribution in [1.82, 2.24) is 14.9 Å². The highest BCUT2D eigenvalue weighted by molar-refractivity contribution is 5.78. The number of amides is 1. The molecule has 0 atom stereocenters. The molecule has 2 heterocycles. The molecule has 122 valence electrons. The lowest BCUT2D eigenvalue weighted by Gasteiger charge is -2.31.